The fraction of sp³-hybridized carbons (Fsp3) is 0.238. The van der Waals surface area contributed by atoms with E-state index in [1.807, 2.05) is 6.92 Å². The van der Waals surface area contributed by atoms with Crippen LogP contribution in [-0.4, -0.2) is 47.6 Å². The first-order chi connectivity index (χ1) is 13.5. The number of hydrogen-bond donors (Lipinski definition) is 0. The zero-order valence-corrected chi connectivity index (χ0v) is 15.4. The van der Waals surface area contributed by atoms with Crippen LogP contribution in [0.25, 0.3) is 0 Å². The van der Waals surface area contributed by atoms with Crippen LogP contribution in [0.1, 0.15) is 27.6 Å². The number of rotatable bonds is 3. The molecule has 2 aromatic rings. The van der Waals surface area contributed by atoms with Gasteiger partial charge in [0, 0.05) is 60.8 Å². The third kappa shape index (κ3) is 2.94. The molecule has 0 atom stereocenters. The fourth-order valence-electron chi connectivity index (χ4n) is 3.82. The first kappa shape index (κ1) is 17.9. The quantitative estimate of drug-likeness (QED) is 0.354. The Labute approximate surface area is 162 Å². The molecule has 142 valence electrons. The third-order valence-corrected chi connectivity index (χ3v) is 5.41. The molecule has 0 amide bonds. The highest BCUT2D eigenvalue weighted by atomic mass is 16.6. The number of anilines is 1. The van der Waals surface area contributed by atoms with Gasteiger partial charge in [-0.3, -0.25) is 19.7 Å². The summed E-state index contributed by atoms with van der Waals surface area (Å²) in [6.45, 7) is 4.58. The van der Waals surface area contributed by atoms with Crippen molar-refractivity contribution >= 4 is 22.9 Å². The molecule has 0 radical (unpaired) electrons. The summed E-state index contributed by atoms with van der Waals surface area (Å²) in [6.07, 6.45) is 0. The average molecular weight is 377 g/mol. The van der Waals surface area contributed by atoms with Crippen molar-refractivity contribution < 1.29 is 14.5 Å². The molecule has 0 bridgehead atoms. The van der Waals surface area contributed by atoms with Crippen molar-refractivity contribution in [3.8, 4) is 0 Å². The Morgan fingerprint density at radius 1 is 0.893 bits per heavy atom. The summed E-state index contributed by atoms with van der Waals surface area (Å²) in [5.41, 5.74) is 2.94. The van der Waals surface area contributed by atoms with Crippen molar-refractivity contribution in [3.05, 3.63) is 81.0 Å². The molecule has 7 nitrogen and oxygen atoms in total. The zero-order chi connectivity index (χ0) is 19.8. The van der Waals surface area contributed by atoms with E-state index in [2.05, 4.69) is 9.80 Å². The molecule has 2 aromatic carbocycles. The van der Waals surface area contributed by atoms with Crippen molar-refractivity contribution in [2.45, 2.75) is 6.92 Å². The van der Waals surface area contributed by atoms with Gasteiger partial charge in [-0.05, 0) is 19.1 Å². The number of carbonyl (C=O) groups excluding carboxylic acids is 2. The van der Waals surface area contributed by atoms with Crippen molar-refractivity contribution in [2.75, 3.05) is 31.1 Å². The second kappa shape index (κ2) is 6.92. The second-order valence-corrected chi connectivity index (χ2v) is 6.91. The Kier molecular flexibility index (Phi) is 4.43. The van der Waals surface area contributed by atoms with E-state index in [1.165, 1.54) is 12.1 Å². The molecule has 1 aliphatic carbocycles. The van der Waals surface area contributed by atoms with E-state index < -0.39 is 4.92 Å². The maximum Gasteiger partial charge on any atom is 0.269 e. The molecule has 0 unspecified atom stereocenters. The van der Waals surface area contributed by atoms with E-state index in [0.717, 1.165) is 11.4 Å². The van der Waals surface area contributed by atoms with Gasteiger partial charge >= 0.3 is 0 Å². The summed E-state index contributed by atoms with van der Waals surface area (Å²) in [7, 11) is 0. The molecule has 0 saturated carbocycles. The summed E-state index contributed by atoms with van der Waals surface area (Å²) < 4.78 is 0. The number of Topliss-reactive ketones (excluding diaryl/α,β-unsaturated/α-hetero) is 2. The molecule has 1 saturated heterocycles. The lowest BCUT2D eigenvalue weighted by atomic mass is 10.1. The Balaban J connectivity index is 1.49. The minimum atomic E-state index is -0.412. The van der Waals surface area contributed by atoms with Crippen molar-refractivity contribution in [2.24, 2.45) is 0 Å². The van der Waals surface area contributed by atoms with Gasteiger partial charge in [0.2, 0.25) is 0 Å². The van der Waals surface area contributed by atoms with Crippen LogP contribution in [0.4, 0.5) is 11.4 Å². The number of non-ortho nitro benzene ring substituents is 1. The topological polar surface area (TPSA) is 83.8 Å². The van der Waals surface area contributed by atoms with Crippen molar-refractivity contribution in [1.29, 1.82) is 0 Å². The van der Waals surface area contributed by atoms with Crippen LogP contribution < -0.4 is 4.90 Å². The number of carbonyl (C=O) groups is 2. The Morgan fingerprint density at radius 3 is 1.93 bits per heavy atom. The third-order valence-electron chi connectivity index (χ3n) is 5.41. The van der Waals surface area contributed by atoms with Gasteiger partial charge < -0.3 is 9.80 Å². The van der Waals surface area contributed by atoms with Crippen LogP contribution in [0.15, 0.2) is 59.8 Å². The molecule has 0 N–H and O–H groups in total. The number of piperazine rings is 1. The van der Waals surface area contributed by atoms with Gasteiger partial charge in [0.1, 0.15) is 0 Å². The van der Waals surface area contributed by atoms with Crippen LogP contribution in [0.5, 0.6) is 0 Å². The van der Waals surface area contributed by atoms with E-state index in [4.69, 9.17) is 0 Å². The number of allylic oxidation sites excluding steroid dienone is 2. The number of nitro groups is 1. The van der Waals surface area contributed by atoms with Gasteiger partial charge in [-0.1, -0.05) is 24.3 Å². The maximum absolute atomic E-state index is 12.7. The second-order valence-electron chi connectivity index (χ2n) is 6.91. The van der Waals surface area contributed by atoms with Crippen LogP contribution >= 0.6 is 0 Å². The largest absolute Gasteiger partial charge is 0.371 e. The van der Waals surface area contributed by atoms with Crippen molar-refractivity contribution in [3.63, 3.8) is 0 Å². The SMILES string of the molecule is CC(=C1C(=O)c2ccccc2C1=O)N1CCN(c2ccc([N+](=O)[O-])cc2)CC1. The van der Waals surface area contributed by atoms with E-state index in [9.17, 15) is 19.7 Å². The summed E-state index contributed by atoms with van der Waals surface area (Å²) in [4.78, 5) is 40.0. The van der Waals surface area contributed by atoms with Gasteiger partial charge in [-0.25, -0.2) is 0 Å². The van der Waals surface area contributed by atoms with Crippen LogP contribution in [0.2, 0.25) is 0 Å². The van der Waals surface area contributed by atoms with Crippen LogP contribution in [0, 0.1) is 10.1 Å². The highest BCUT2D eigenvalue weighted by Crippen LogP contribution is 2.30. The normalized spacial score (nSPS) is 16.4. The molecule has 28 heavy (non-hydrogen) atoms. The van der Waals surface area contributed by atoms with E-state index in [0.29, 0.717) is 37.3 Å². The number of hydrogen-bond acceptors (Lipinski definition) is 6. The van der Waals surface area contributed by atoms with E-state index >= 15 is 0 Å². The molecule has 1 aliphatic heterocycles. The highest BCUT2D eigenvalue weighted by molar-refractivity contribution is 6.39. The minimum absolute atomic E-state index is 0.0702. The summed E-state index contributed by atoms with van der Waals surface area (Å²) in [6, 6.07) is 13.4. The zero-order valence-electron chi connectivity index (χ0n) is 15.4. The molecule has 1 fully saturated rings. The summed E-state index contributed by atoms with van der Waals surface area (Å²) in [5, 5.41) is 10.8. The van der Waals surface area contributed by atoms with Crippen LogP contribution in [0.3, 0.4) is 0 Å². The molecule has 0 aromatic heterocycles. The number of fused-ring (bicyclic) bond motifs is 1. The Hall–Kier alpha value is -3.48. The summed E-state index contributed by atoms with van der Waals surface area (Å²) >= 11 is 0. The monoisotopic (exact) mass is 377 g/mol. The smallest absolute Gasteiger partial charge is 0.269 e. The number of nitro benzene ring substituents is 1. The lowest BCUT2D eigenvalue weighted by Gasteiger charge is -2.38. The standard InChI is InChI=1S/C21H19N3O4/c1-14(19-20(25)17-4-2-3-5-18(17)21(19)26)22-10-12-23(13-11-22)15-6-8-16(9-7-15)24(27)28/h2-9H,10-13H2,1H3. The first-order valence-corrected chi connectivity index (χ1v) is 9.11. The van der Waals surface area contributed by atoms with Crippen LogP contribution in [-0.2, 0) is 0 Å². The average Bonchev–Trinajstić information content (AvgIpc) is 2.98. The molecule has 1 heterocycles. The first-order valence-electron chi connectivity index (χ1n) is 9.11. The molecule has 4 rings (SSSR count). The van der Waals surface area contributed by atoms with Gasteiger partial charge in [-0.2, -0.15) is 0 Å². The highest BCUT2D eigenvalue weighted by Gasteiger charge is 2.35. The van der Waals surface area contributed by atoms with Gasteiger partial charge in [0.25, 0.3) is 5.69 Å². The Morgan fingerprint density at radius 2 is 1.43 bits per heavy atom. The van der Waals surface area contributed by atoms with Crippen molar-refractivity contribution in [1.82, 2.24) is 4.90 Å². The predicted octanol–water partition coefficient (Wildman–Crippen LogP) is 3.07. The molecular formula is C21H19N3O4. The predicted molar refractivity (Wildman–Crippen MR) is 105 cm³/mol. The van der Waals surface area contributed by atoms with E-state index in [1.54, 1.807) is 36.4 Å². The van der Waals surface area contributed by atoms with Gasteiger partial charge in [-0.15, -0.1) is 0 Å². The summed E-state index contributed by atoms with van der Waals surface area (Å²) in [5.74, 6) is -0.396. The fourth-order valence-corrected chi connectivity index (χ4v) is 3.82. The minimum Gasteiger partial charge on any atom is -0.371 e. The Bertz CT molecular complexity index is 966. The molecule has 0 spiro atoms. The maximum atomic E-state index is 12.7. The lowest BCUT2D eigenvalue weighted by molar-refractivity contribution is -0.384. The molecule has 7 heteroatoms. The number of benzene rings is 2. The number of nitrogens with zero attached hydrogens (tertiary/aromatic N) is 3. The van der Waals surface area contributed by atoms with Gasteiger partial charge in [0.15, 0.2) is 11.6 Å². The van der Waals surface area contributed by atoms with E-state index in [-0.39, 0.29) is 22.8 Å². The molecule has 2 aliphatic rings. The lowest BCUT2D eigenvalue weighted by Crippen LogP contribution is -2.46. The van der Waals surface area contributed by atoms with Gasteiger partial charge in [0.05, 0.1) is 10.5 Å². The number of ketones is 2. The molecular weight excluding hydrogens is 358 g/mol.